The number of ether oxygens (including phenoxy) is 2. The van der Waals surface area contributed by atoms with Gasteiger partial charge in [0.2, 0.25) is 0 Å². The lowest BCUT2D eigenvalue weighted by Gasteiger charge is -2.10. The van der Waals surface area contributed by atoms with E-state index in [9.17, 15) is 0 Å². The van der Waals surface area contributed by atoms with Crippen LogP contribution in [0.1, 0.15) is 5.56 Å². The van der Waals surface area contributed by atoms with Gasteiger partial charge in [-0.2, -0.15) is 0 Å². The SMILES string of the molecule is COc1cc(N)cc(Oc2cc(C)ccc2Cl)c1. The number of hydrogen-bond acceptors (Lipinski definition) is 3. The normalized spacial score (nSPS) is 10.2. The van der Waals surface area contributed by atoms with Crippen molar-refractivity contribution in [2.24, 2.45) is 0 Å². The van der Waals surface area contributed by atoms with Gasteiger partial charge in [-0.3, -0.25) is 0 Å². The predicted molar refractivity (Wildman–Crippen MR) is 73.7 cm³/mol. The Bertz CT molecular complexity index is 570. The highest BCUT2D eigenvalue weighted by Crippen LogP contribution is 2.33. The molecule has 0 unspecified atom stereocenters. The van der Waals surface area contributed by atoms with Gasteiger partial charge in [-0.1, -0.05) is 17.7 Å². The second-order valence-electron chi connectivity index (χ2n) is 3.98. The summed E-state index contributed by atoms with van der Waals surface area (Å²) in [5.41, 5.74) is 7.41. The van der Waals surface area contributed by atoms with Crippen molar-refractivity contribution in [3.8, 4) is 17.2 Å². The Morgan fingerprint density at radius 2 is 1.78 bits per heavy atom. The summed E-state index contributed by atoms with van der Waals surface area (Å²) >= 11 is 6.07. The van der Waals surface area contributed by atoms with E-state index in [2.05, 4.69) is 0 Å². The zero-order chi connectivity index (χ0) is 13.1. The zero-order valence-electron chi connectivity index (χ0n) is 10.2. The first-order valence-corrected chi connectivity index (χ1v) is 5.85. The van der Waals surface area contributed by atoms with Crippen LogP contribution in [0.2, 0.25) is 5.02 Å². The molecule has 0 radical (unpaired) electrons. The zero-order valence-corrected chi connectivity index (χ0v) is 11.0. The van der Waals surface area contributed by atoms with E-state index in [1.165, 1.54) is 0 Å². The Kier molecular flexibility index (Phi) is 3.63. The minimum Gasteiger partial charge on any atom is -0.497 e. The smallest absolute Gasteiger partial charge is 0.146 e. The molecule has 0 aliphatic heterocycles. The van der Waals surface area contributed by atoms with Gasteiger partial charge in [-0.15, -0.1) is 0 Å². The summed E-state index contributed by atoms with van der Waals surface area (Å²) in [6.45, 7) is 1.98. The molecule has 0 fully saturated rings. The Labute approximate surface area is 111 Å². The molecule has 0 saturated carbocycles. The van der Waals surface area contributed by atoms with Crippen LogP contribution in [0.4, 0.5) is 5.69 Å². The van der Waals surface area contributed by atoms with Crippen molar-refractivity contribution < 1.29 is 9.47 Å². The third kappa shape index (κ3) is 2.87. The number of aryl methyl sites for hydroxylation is 1. The lowest BCUT2D eigenvalue weighted by atomic mass is 10.2. The van der Waals surface area contributed by atoms with E-state index in [-0.39, 0.29) is 0 Å². The maximum atomic E-state index is 6.07. The number of halogens is 1. The van der Waals surface area contributed by atoms with Gasteiger partial charge in [0.25, 0.3) is 0 Å². The lowest BCUT2D eigenvalue weighted by molar-refractivity contribution is 0.409. The van der Waals surface area contributed by atoms with E-state index in [4.69, 9.17) is 26.8 Å². The first-order chi connectivity index (χ1) is 8.58. The van der Waals surface area contributed by atoms with Crippen LogP contribution in [-0.2, 0) is 0 Å². The number of benzene rings is 2. The summed E-state index contributed by atoms with van der Waals surface area (Å²) in [5, 5.41) is 0.557. The predicted octanol–water partition coefficient (Wildman–Crippen LogP) is 4.03. The van der Waals surface area contributed by atoms with Crippen LogP contribution in [0.3, 0.4) is 0 Å². The first-order valence-electron chi connectivity index (χ1n) is 5.47. The Morgan fingerprint density at radius 1 is 1.06 bits per heavy atom. The molecule has 0 aromatic heterocycles. The van der Waals surface area contributed by atoms with Crippen LogP contribution < -0.4 is 15.2 Å². The number of rotatable bonds is 3. The standard InChI is InChI=1S/C14H14ClNO2/c1-9-3-4-13(15)14(5-9)18-12-7-10(16)6-11(8-12)17-2/h3-8H,16H2,1-2H3. The molecule has 0 heterocycles. The highest BCUT2D eigenvalue weighted by molar-refractivity contribution is 6.32. The topological polar surface area (TPSA) is 44.5 Å². The summed E-state index contributed by atoms with van der Waals surface area (Å²) in [5.74, 6) is 1.84. The molecule has 2 rings (SSSR count). The molecule has 0 spiro atoms. The molecular formula is C14H14ClNO2. The van der Waals surface area contributed by atoms with Gasteiger partial charge in [0.15, 0.2) is 0 Å². The van der Waals surface area contributed by atoms with Crippen molar-refractivity contribution in [2.45, 2.75) is 6.92 Å². The molecule has 18 heavy (non-hydrogen) atoms. The summed E-state index contributed by atoms with van der Waals surface area (Å²) in [6, 6.07) is 10.8. The largest absolute Gasteiger partial charge is 0.497 e. The summed E-state index contributed by atoms with van der Waals surface area (Å²) < 4.78 is 10.9. The fraction of sp³-hybridized carbons (Fsp3) is 0.143. The lowest BCUT2D eigenvalue weighted by Crippen LogP contribution is -1.92. The highest BCUT2D eigenvalue weighted by Gasteiger charge is 2.05. The van der Waals surface area contributed by atoms with Crippen LogP contribution in [0.5, 0.6) is 17.2 Å². The van der Waals surface area contributed by atoms with Gasteiger partial charge in [0.1, 0.15) is 17.2 Å². The highest BCUT2D eigenvalue weighted by atomic mass is 35.5. The van der Waals surface area contributed by atoms with Crippen molar-refractivity contribution in [2.75, 3.05) is 12.8 Å². The van der Waals surface area contributed by atoms with Gasteiger partial charge < -0.3 is 15.2 Å². The molecule has 94 valence electrons. The second-order valence-corrected chi connectivity index (χ2v) is 4.39. The van der Waals surface area contributed by atoms with Crippen molar-refractivity contribution in [1.29, 1.82) is 0 Å². The van der Waals surface area contributed by atoms with Crippen molar-refractivity contribution in [3.05, 3.63) is 47.0 Å². The molecule has 0 saturated heterocycles. The van der Waals surface area contributed by atoms with Gasteiger partial charge in [-0.25, -0.2) is 0 Å². The van der Waals surface area contributed by atoms with Crippen molar-refractivity contribution >= 4 is 17.3 Å². The number of hydrogen-bond donors (Lipinski definition) is 1. The molecule has 3 nitrogen and oxygen atoms in total. The van der Waals surface area contributed by atoms with Crippen LogP contribution >= 0.6 is 11.6 Å². The third-order valence-electron chi connectivity index (χ3n) is 2.45. The number of nitrogens with two attached hydrogens (primary N) is 1. The van der Waals surface area contributed by atoms with Crippen molar-refractivity contribution in [3.63, 3.8) is 0 Å². The maximum Gasteiger partial charge on any atom is 0.146 e. The fourth-order valence-electron chi connectivity index (χ4n) is 1.59. The van der Waals surface area contributed by atoms with Gasteiger partial charge in [0, 0.05) is 23.9 Å². The molecule has 0 atom stereocenters. The van der Waals surface area contributed by atoms with Gasteiger partial charge in [0.05, 0.1) is 12.1 Å². The average Bonchev–Trinajstić information content (AvgIpc) is 2.33. The molecule has 0 bridgehead atoms. The molecule has 0 aliphatic rings. The minimum atomic E-state index is 0.557. The minimum absolute atomic E-state index is 0.557. The fourth-order valence-corrected chi connectivity index (χ4v) is 1.74. The van der Waals surface area contributed by atoms with E-state index in [1.807, 2.05) is 19.1 Å². The van der Waals surface area contributed by atoms with Crippen molar-refractivity contribution in [1.82, 2.24) is 0 Å². The summed E-state index contributed by atoms with van der Waals surface area (Å²) in [4.78, 5) is 0. The Balaban J connectivity index is 2.33. The number of methoxy groups -OCH3 is 1. The van der Waals surface area contributed by atoms with Crippen LogP contribution in [0.25, 0.3) is 0 Å². The number of nitrogen functional groups attached to an aromatic ring is 1. The second kappa shape index (κ2) is 5.19. The quantitative estimate of drug-likeness (QED) is 0.851. The van der Waals surface area contributed by atoms with Crippen LogP contribution in [0.15, 0.2) is 36.4 Å². The van der Waals surface area contributed by atoms with E-state index < -0.39 is 0 Å². The summed E-state index contributed by atoms with van der Waals surface area (Å²) in [7, 11) is 1.58. The Morgan fingerprint density at radius 3 is 2.50 bits per heavy atom. The van der Waals surface area contributed by atoms with E-state index in [1.54, 1.807) is 31.4 Å². The maximum absolute atomic E-state index is 6.07. The molecular weight excluding hydrogens is 250 g/mol. The first kappa shape index (κ1) is 12.6. The molecule has 2 N–H and O–H groups in total. The number of anilines is 1. The summed E-state index contributed by atoms with van der Waals surface area (Å²) in [6.07, 6.45) is 0. The van der Waals surface area contributed by atoms with E-state index >= 15 is 0 Å². The third-order valence-corrected chi connectivity index (χ3v) is 2.76. The molecule has 2 aromatic rings. The van der Waals surface area contributed by atoms with Gasteiger partial charge in [-0.05, 0) is 24.6 Å². The van der Waals surface area contributed by atoms with Gasteiger partial charge >= 0.3 is 0 Å². The molecule has 2 aromatic carbocycles. The van der Waals surface area contributed by atoms with E-state index in [0.29, 0.717) is 28.0 Å². The molecule has 0 amide bonds. The Hall–Kier alpha value is -1.87. The van der Waals surface area contributed by atoms with Crippen LogP contribution in [0, 0.1) is 6.92 Å². The van der Waals surface area contributed by atoms with Crippen LogP contribution in [-0.4, -0.2) is 7.11 Å². The average molecular weight is 264 g/mol. The molecule has 4 heteroatoms. The monoisotopic (exact) mass is 263 g/mol. The molecule has 0 aliphatic carbocycles. The van der Waals surface area contributed by atoms with E-state index in [0.717, 1.165) is 5.56 Å².